The van der Waals surface area contributed by atoms with Gasteiger partial charge in [0, 0.05) is 0 Å². The van der Waals surface area contributed by atoms with Gasteiger partial charge in [-0.05, 0) is 30.9 Å². The highest BCUT2D eigenvalue weighted by Gasteiger charge is 2.17. The van der Waals surface area contributed by atoms with Gasteiger partial charge in [-0.1, -0.05) is 90.5 Å². The molecule has 1 aromatic rings. The minimum absolute atomic E-state index is 0.0706. The number of aryl methyl sites for hydroxylation is 1. The van der Waals surface area contributed by atoms with Crippen LogP contribution < -0.4 is 9.47 Å². The number of benzene rings is 1. The molecule has 0 heterocycles. The van der Waals surface area contributed by atoms with Crippen LogP contribution in [0.2, 0.25) is 0 Å². The van der Waals surface area contributed by atoms with Gasteiger partial charge < -0.3 is 19.7 Å². The van der Waals surface area contributed by atoms with Gasteiger partial charge in [0.25, 0.3) is 0 Å². The molecule has 0 atom stereocenters. The van der Waals surface area contributed by atoms with Gasteiger partial charge in [0.2, 0.25) is 5.75 Å². The molecule has 0 bridgehead atoms. The predicted octanol–water partition coefficient (Wildman–Crippen LogP) is 7.48. The van der Waals surface area contributed by atoms with Crippen molar-refractivity contribution < 1.29 is 24.5 Å². The maximum absolute atomic E-state index is 10.8. The standard InChI is InChI=1S/C24H40O5/c1-3-5-7-9-11-12-14-16-20-17-18-21(29-24(26)27)22(25)23(20)28-19-15-13-10-8-6-4-2/h17-18,25H,3-16,19H2,1-2H3,(H,26,27). The highest BCUT2D eigenvalue weighted by molar-refractivity contribution is 5.65. The Balaban J connectivity index is 2.58. The second-order valence-electron chi connectivity index (χ2n) is 7.76. The van der Waals surface area contributed by atoms with Crippen molar-refractivity contribution in [1.82, 2.24) is 0 Å². The number of ether oxygens (including phenoxy) is 2. The molecule has 2 N–H and O–H groups in total. The van der Waals surface area contributed by atoms with Gasteiger partial charge in [0.15, 0.2) is 11.5 Å². The summed E-state index contributed by atoms with van der Waals surface area (Å²) in [6, 6.07) is 3.32. The quantitative estimate of drug-likeness (QED) is 0.159. The lowest BCUT2D eigenvalue weighted by molar-refractivity contribution is 0.142. The second-order valence-corrected chi connectivity index (χ2v) is 7.76. The molecule has 5 heteroatoms. The molecule has 0 aliphatic rings. The summed E-state index contributed by atoms with van der Waals surface area (Å²) in [7, 11) is 0. The van der Waals surface area contributed by atoms with Crippen LogP contribution in [-0.4, -0.2) is 23.0 Å². The van der Waals surface area contributed by atoms with E-state index in [9.17, 15) is 9.90 Å². The van der Waals surface area contributed by atoms with Crippen molar-refractivity contribution in [3.05, 3.63) is 17.7 Å². The summed E-state index contributed by atoms with van der Waals surface area (Å²) in [6.07, 6.45) is 14.8. The van der Waals surface area contributed by atoms with Gasteiger partial charge in [-0.2, -0.15) is 0 Å². The molecule has 0 aromatic heterocycles. The van der Waals surface area contributed by atoms with Crippen LogP contribution in [0.3, 0.4) is 0 Å². The number of carboxylic acid groups (broad SMARTS) is 1. The third-order valence-electron chi connectivity index (χ3n) is 5.17. The van der Waals surface area contributed by atoms with E-state index < -0.39 is 6.16 Å². The fraction of sp³-hybridized carbons (Fsp3) is 0.708. The highest BCUT2D eigenvalue weighted by atomic mass is 16.7. The van der Waals surface area contributed by atoms with Crippen molar-refractivity contribution in [3.63, 3.8) is 0 Å². The Kier molecular flexibility index (Phi) is 13.8. The van der Waals surface area contributed by atoms with Gasteiger partial charge in [-0.15, -0.1) is 0 Å². The summed E-state index contributed by atoms with van der Waals surface area (Å²) < 4.78 is 10.6. The lowest BCUT2D eigenvalue weighted by Gasteiger charge is -2.15. The van der Waals surface area contributed by atoms with E-state index >= 15 is 0 Å². The number of phenolic OH excluding ortho intramolecular Hbond substituents is 1. The summed E-state index contributed by atoms with van der Waals surface area (Å²) in [5, 5.41) is 19.3. The molecule has 1 rings (SSSR count). The zero-order valence-corrected chi connectivity index (χ0v) is 18.4. The Hall–Kier alpha value is -1.91. The Morgan fingerprint density at radius 3 is 1.97 bits per heavy atom. The van der Waals surface area contributed by atoms with Crippen molar-refractivity contribution >= 4 is 6.16 Å². The second kappa shape index (κ2) is 15.9. The maximum Gasteiger partial charge on any atom is 0.511 e. The zero-order chi connectivity index (χ0) is 21.3. The Bertz CT molecular complexity index is 571. The first-order chi connectivity index (χ1) is 14.1. The first kappa shape index (κ1) is 25.1. The van der Waals surface area contributed by atoms with Gasteiger partial charge in [-0.3, -0.25) is 0 Å². The van der Waals surface area contributed by atoms with Crippen LogP contribution in [0, 0.1) is 0 Å². The van der Waals surface area contributed by atoms with Crippen LogP contribution >= 0.6 is 0 Å². The van der Waals surface area contributed by atoms with Crippen LogP contribution in [0.15, 0.2) is 12.1 Å². The Morgan fingerprint density at radius 2 is 1.38 bits per heavy atom. The van der Waals surface area contributed by atoms with Crippen LogP contribution in [0.4, 0.5) is 4.79 Å². The smallest absolute Gasteiger partial charge is 0.502 e. The highest BCUT2D eigenvalue weighted by Crippen LogP contribution is 2.40. The van der Waals surface area contributed by atoms with E-state index in [1.807, 2.05) is 6.07 Å². The first-order valence-corrected chi connectivity index (χ1v) is 11.5. The molecular weight excluding hydrogens is 368 g/mol. The molecule has 0 saturated carbocycles. The molecule has 5 nitrogen and oxygen atoms in total. The number of rotatable bonds is 17. The van der Waals surface area contributed by atoms with Gasteiger partial charge in [0.05, 0.1) is 6.61 Å². The Morgan fingerprint density at radius 1 is 0.828 bits per heavy atom. The van der Waals surface area contributed by atoms with Crippen molar-refractivity contribution in [2.75, 3.05) is 6.61 Å². The zero-order valence-electron chi connectivity index (χ0n) is 18.4. The van der Waals surface area contributed by atoms with E-state index in [1.165, 1.54) is 63.9 Å². The van der Waals surface area contributed by atoms with E-state index in [1.54, 1.807) is 0 Å². The SMILES string of the molecule is CCCCCCCCCc1ccc(OC(=O)O)c(O)c1OCCCCCCCC. The minimum Gasteiger partial charge on any atom is -0.502 e. The van der Waals surface area contributed by atoms with Crippen LogP contribution in [0.25, 0.3) is 0 Å². The molecule has 0 spiro atoms. The molecule has 0 unspecified atom stereocenters. The molecule has 0 fully saturated rings. The number of carbonyl (C=O) groups is 1. The predicted molar refractivity (Wildman–Crippen MR) is 117 cm³/mol. The fourth-order valence-electron chi connectivity index (χ4n) is 3.46. The summed E-state index contributed by atoms with van der Waals surface area (Å²) in [5.41, 5.74) is 0.916. The third kappa shape index (κ3) is 11.0. The summed E-state index contributed by atoms with van der Waals surface area (Å²) in [5.74, 6) is 0.0980. The maximum atomic E-state index is 10.8. The molecule has 0 saturated heterocycles. The van der Waals surface area contributed by atoms with Crippen molar-refractivity contribution in [3.8, 4) is 17.2 Å². The van der Waals surface area contributed by atoms with E-state index in [2.05, 4.69) is 18.6 Å². The Labute approximate surface area is 176 Å². The number of unbranched alkanes of at least 4 members (excludes halogenated alkanes) is 11. The van der Waals surface area contributed by atoms with Crippen LogP contribution in [0.1, 0.15) is 103 Å². The molecule has 1 aromatic carbocycles. The summed E-state index contributed by atoms with van der Waals surface area (Å²) >= 11 is 0. The van der Waals surface area contributed by atoms with Crippen LogP contribution in [-0.2, 0) is 6.42 Å². The number of hydrogen-bond donors (Lipinski definition) is 2. The molecule has 166 valence electrons. The van der Waals surface area contributed by atoms with Crippen LogP contribution in [0.5, 0.6) is 17.2 Å². The van der Waals surface area contributed by atoms with Crippen molar-refractivity contribution in [2.45, 2.75) is 104 Å². The van der Waals surface area contributed by atoms with E-state index in [0.29, 0.717) is 12.4 Å². The van der Waals surface area contributed by atoms with E-state index in [4.69, 9.17) is 9.84 Å². The lowest BCUT2D eigenvalue weighted by Crippen LogP contribution is -2.06. The molecule has 29 heavy (non-hydrogen) atoms. The number of hydrogen-bond acceptors (Lipinski definition) is 4. The van der Waals surface area contributed by atoms with Gasteiger partial charge in [-0.25, -0.2) is 4.79 Å². The summed E-state index contributed by atoms with van der Waals surface area (Å²) in [4.78, 5) is 10.8. The normalized spacial score (nSPS) is 10.8. The van der Waals surface area contributed by atoms with E-state index in [0.717, 1.165) is 37.7 Å². The number of phenols is 1. The van der Waals surface area contributed by atoms with E-state index in [-0.39, 0.29) is 11.5 Å². The number of aromatic hydroxyl groups is 1. The molecule has 0 aliphatic heterocycles. The van der Waals surface area contributed by atoms with Gasteiger partial charge >= 0.3 is 6.16 Å². The molecule has 0 amide bonds. The average molecular weight is 409 g/mol. The fourth-order valence-corrected chi connectivity index (χ4v) is 3.46. The largest absolute Gasteiger partial charge is 0.511 e. The first-order valence-electron chi connectivity index (χ1n) is 11.5. The third-order valence-corrected chi connectivity index (χ3v) is 5.17. The molecule has 0 aliphatic carbocycles. The molecule has 0 radical (unpaired) electrons. The topological polar surface area (TPSA) is 76.0 Å². The monoisotopic (exact) mass is 408 g/mol. The summed E-state index contributed by atoms with van der Waals surface area (Å²) in [6.45, 7) is 4.93. The minimum atomic E-state index is -1.44. The molecular formula is C24H40O5. The van der Waals surface area contributed by atoms with Crippen molar-refractivity contribution in [1.29, 1.82) is 0 Å². The average Bonchev–Trinajstić information content (AvgIpc) is 2.69. The van der Waals surface area contributed by atoms with Gasteiger partial charge in [0.1, 0.15) is 0 Å². The van der Waals surface area contributed by atoms with Crippen molar-refractivity contribution in [2.24, 2.45) is 0 Å². The lowest BCUT2D eigenvalue weighted by atomic mass is 10.0.